The van der Waals surface area contributed by atoms with Crippen LogP contribution in [-0.4, -0.2) is 15.0 Å². The Morgan fingerprint density at radius 2 is 1.70 bits per heavy atom. The summed E-state index contributed by atoms with van der Waals surface area (Å²) in [6, 6.07) is 19.0. The van der Waals surface area contributed by atoms with E-state index in [0.29, 0.717) is 0 Å². The lowest BCUT2D eigenvalue weighted by atomic mass is 10.0. The number of hydrogen-bond acceptors (Lipinski definition) is 3. The van der Waals surface area contributed by atoms with Crippen LogP contribution in [0.3, 0.4) is 0 Å². The zero-order chi connectivity index (χ0) is 15.6. The van der Waals surface area contributed by atoms with Crippen molar-refractivity contribution in [2.24, 2.45) is 0 Å². The standard InChI is InChI=1S/C19H13N3O/c23-18-10-8-13-4-3-5-15(19(13)22-18)14-7-9-17(21-12-14)16-6-1-2-11-20-16/h1-12H,(H,22,23). The third-order valence-corrected chi connectivity index (χ3v) is 3.76. The maximum Gasteiger partial charge on any atom is 0.248 e. The van der Waals surface area contributed by atoms with Crippen LogP contribution >= 0.6 is 0 Å². The first kappa shape index (κ1) is 13.4. The minimum absolute atomic E-state index is 0.108. The van der Waals surface area contributed by atoms with E-state index in [2.05, 4.69) is 15.0 Å². The number of pyridine rings is 3. The Labute approximate surface area is 132 Å². The molecule has 4 rings (SSSR count). The van der Waals surface area contributed by atoms with E-state index in [9.17, 15) is 4.79 Å². The van der Waals surface area contributed by atoms with Gasteiger partial charge in [-0.15, -0.1) is 0 Å². The van der Waals surface area contributed by atoms with E-state index >= 15 is 0 Å². The van der Waals surface area contributed by atoms with Crippen LogP contribution in [0.4, 0.5) is 0 Å². The Bertz CT molecular complexity index is 1020. The van der Waals surface area contributed by atoms with E-state index in [1.165, 1.54) is 6.07 Å². The molecule has 0 saturated heterocycles. The molecule has 0 amide bonds. The third-order valence-electron chi connectivity index (χ3n) is 3.76. The molecule has 4 nitrogen and oxygen atoms in total. The van der Waals surface area contributed by atoms with Gasteiger partial charge in [0.2, 0.25) is 5.56 Å². The Morgan fingerprint density at radius 3 is 2.48 bits per heavy atom. The average Bonchev–Trinajstić information content (AvgIpc) is 2.62. The van der Waals surface area contributed by atoms with Gasteiger partial charge in [-0.2, -0.15) is 0 Å². The number of aromatic amines is 1. The zero-order valence-electron chi connectivity index (χ0n) is 12.2. The molecule has 3 heterocycles. The highest BCUT2D eigenvalue weighted by Crippen LogP contribution is 2.27. The van der Waals surface area contributed by atoms with Gasteiger partial charge in [0.1, 0.15) is 0 Å². The van der Waals surface area contributed by atoms with Gasteiger partial charge in [-0.3, -0.25) is 14.8 Å². The molecule has 0 unspecified atom stereocenters. The Balaban J connectivity index is 1.83. The molecule has 0 aliphatic heterocycles. The van der Waals surface area contributed by atoms with Crippen LogP contribution in [0.1, 0.15) is 0 Å². The van der Waals surface area contributed by atoms with Crippen molar-refractivity contribution in [3.63, 3.8) is 0 Å². The van der Waals surface area contributed by atoms with Crippen molar-refractivity contribution in [1.82, 2.24) is 15.0 Å². The molecule has 4 aromatic rings. The van der Waals surface area contributed by atoms with Crippen LogP contribution in [0.15, 0.2) is 77.9 Å². The van der Waals surface area contributed by atoms with E-state index in [1.807, 2.05) is 60.8 Å². The molecule has 0 aliphatic carbocycles. The zero-order valence-corrected chi connectivity index (χ0v) is 12.2. The summed E-state index contributed by atoms with van der Waals surface area (Å²) in [6.45, 7) is 0. The smallest absolute Gasteiger partial charge is 0.248 e. The molecular weight excluding hydrogens is 286 g/mol. The summed E-state index contributed by atoms with van der Waals surface area (Å²) in [4.78, 5) is 23.3. The number of aromatic nitrogens is 3. The summed E-state index contributed by atoms with van der Waals surface area (Å²) in [6.07, 6.45) is 3.56. The van der Waals surface area contributed by atoms with E-state index in [4.69, 9.17) is 0 Å². The van der Waals surface area contributed by atoms with Crippen LogP contribution in [0.5, 0.6) is 0 Å². The fraction of sp³-hybridized carbons (Fsp3) is 0. The van der Waals surface area contributed by atoms with E-state index < -0.39 is 0 Å². The molecule has 0 saturated carbocycles. The molecule has 0 radical (unpaired) electrons. The Hall–Kier alpha value is -3.27. The van der Waals surface area contributed by atoms with Gasteiger partial charge >= 0.3 is 0 Å². The third kappa shape index (κ3) is 2.51. The van der Waals surface area contributed by atoms with Crippen molar-refractivity contribution in [1.29, 1.82) is 0 Å². The quantitative estimate of drug-likeness (QED) is 0.614. The molecule has 110 valence electrons. The number of benzene rings is 1. The molecule has 0 spiro atoms. The number of nitrogens with zero attached hydrogens (tertiary/aromatic N) is 2. The van der Waals surface area contributed by atoms with Gasteiger partial charge in [0, 0.05) is 29.6 Å². The molecule has 0 bridgehead atoms. The Kier molecular flexibility index (Phi) is 3.20. The second-order valence-corrected chi connectivity index (χ2v) is 5.24. The van der Waals surface area contributed by atoms with Crippen molar-refractivity contribution < 1.29 is 0 Å². The van der Waals surface area contributed by atoms with E-state index in [-0.39, 0.29) is 5.56 Å². The van der Waals surface area contributed by atoms with E-state index in [0.717, 1.165) is 33.4 Å². The predicted octanol–water partition coefficient (Wildman–Crippen LogP) is 3.65. The summed E-state index contributed by atoms with van der Waals surface area (Å²) in [5.41, 5.74) is 4.29. The number of H-pyrrole nitrogens is 1. The average molecular weight is 299 g/mol. The van der Waals surface area contributed by atoms with Gasteiger partial charge in [0.15, 0.2) is 0 Å². The highest BCUT2D eigenvalue weighted by Gasteiger charge is 2.06. The van der Waals surface area contributed by atoms with Crippen LogP contribution in [-0.2, 0) is 0 Å². The van der Waals surface area contributed by atoms with E-state index in [1.54, 1.807) is 6.20 Å². The summed E-state index contributed by atoms with van der Waals surface area (Å²) in [7, 11) is 0. The molecule has 0 atom stereocenters. The lowest BCUT2D eigenvalue weighted by Crippen LogP contribution is -2.03. The van der Waals surface area contributed by atoms with Gasteiger partial charge in [-0.25, -0.2) is 0 Å². The van der Waals surface area contributed by atoms with Gasteiger partial charge < -0.3 is 4.98 Å². The molecule has 4 heteroatoms. The molecule has 1 N–H and O–H groups in total. The minimum Gasteiger partial charge on any atom is -0.321 e. The summed E-state index contributed by atoms with van der Waals surface area (Å²) in [5.74, 6) is 0. The largest absolute Gasteiger partial charge is 0.321 e. The highest BCUT2D eigenvalue weighted by atomic mass is 16.1. The fourth-order valence-electron chi connectivity index (χ4n) is 2.64. The van der Waals surface area contributed by atoms with Crippen molar-refractivity contribution in [2.45, 2.75) is 0 Å². The van der Waals surface area contributed by atoms with Gasteiger partial charge in [0.25, 0.3) is 0 Å². The maximum absolute atomic E-state index is 11.6. The van der Waals surface area contributed by atoms with Crippen molar-refractivity contribution in [2.75, 3.05) is 0 Å². The molecule has 0 fully saturated rings. The number of hydrogen-bond donors (Lipinski definition) is 1. The lowest BCUT2D eigenvalue weighted by molar-refractivity contribution is 1.25. The minimum atomic E-state index is -0.108. The van der Waals surface area contributed by atoms with Crippen LogP contribution in [0.2, 0.25) is 0 Å². The first-order valence-corrected chi connectivity index (χ1v) is 7.31. The fourth-order valence-corrected chi connectivity index (χ4v) is 2.64. The first-order chi connectivity index (χ1) is 11.3. The number of nitrogens with one attached hydrogen (secondary N) is 1. The second kappa shape index (κ2) is 5.50. The summed E-state index contributed by atoms with van der Waals surface area (Å²) >= 11 is 0. The first-order valence-electron chi connectivity index (χ1n) is 7.31. The highest BCUT2D eigenvalue weighted by molar-refractivity contribution is 5.93. The van der Waals surface area contributed by atoms with Crippen LogP contribution in [0, 0.1) is 0 Å². The van der Waals surface area contributed by atoms with Crippen LogP contribution < -0.4 is 5.56 Å². The van der Waals surface area contributed by atoms with Gasteiger partial charge in [-0.05, 0) is 29.7 Å². The lowest BCUT2D eigenvalue weighted by Gasteiger charge is -2.07. The van der Waals surface area contributed by atoms with Gasteiger partial charge in [-0.1, -0.05) is 30.3 Å². The topological polar surface area (TPSA) is 58.6 Å². The molecule has 23 heavy (non-hydrogen) atoms. The SMILES string of the molecule is O=c1ccc2cccc(-c3ccc(-c4ccccn4)nc3)c2[nH]1. The number of fused-ring (bicyclic) bond motifs is 1. The molecule has 3 aromatic heterocycles. The van der Waals surface area contributed by atoms with Crippen molar-refractivity contribution in [3.05, 3.63) is 83.4 Å². The monoisotopic (exact) mass is 299 g/mol. The summed E-state index contributed by atoms with van der Waals surface area (Å²) < 4.78 is 0. The Morgan fingerprint density at radius 1 is 0.783 bits per heavy atom. The number of para-hydroxylation sites is 1. The number of rotatable bonds is 2. The van der Waals surface area contributed by atoms with Crippen molar-refractivity contribution >= 4 is 10.9 Å². The second-order valence-electron chi connectivity index (χ2n) is 5.24. The van der Waals surface area contributed by atoms with Crippen LogP contribution in [0.25, 0.3) is 33.4 Å². The predicted molar refractivity (Wildman–Crippen MR) is 91.0 cm³/mol. The molecule has 0 aliphatic rings. The van der Waals surface area contributed by atoms with Crippen molar-refractivity contribution in [3.8, 4) is 22.5 Å². The molecular formula is C19H13N3O. The maximum atomic E-state index is 11.6. The molecule has 1 aromatic carbocycles. The summed E-state index contributed by atoms with van der Waals surface area (Å²) in [5, 5.41) is 0.996. The van der Waals surface area contributed by atoms with Gasteiger partial charge in [0.05, 0.1) is 16.9 Å². The normalized spacial score (nSPS) is 10.8.